The number of carbonyl (C=O) groups is 2. The zero-order valence-corrected chi connectivity index (χ0v) is 13.1. The first kappa shape index (κ1) is 16.3. The van der Waals surface area contributed by atoms with E-state index in [1.807, 2.05) is 6.92 Å². The quantitative estimate of drug-likeness (QED) is 0.787. The van der Waals surface area contributed by atoms with Crippen molar-refractivity contribution in [1.29, 1.82) is 0 Å². The summed E-state index contributed by atoms with van der Waals surface area (Å²) in [6, 6.07) is 4.62. The number of amides is 1. The van der Waals surface area contributed by atoms with Crippen molar-refractivity contribution in [2.24, 2.45) is 0 Å². The third-order valence-electron chi connectivity index (χ3n) is 3.94. The molecule has 1 aromatic carbocycles. The minimum Gasteiger partial charge on any atom is -0.493 e. The lowest BCUT2D eigenvalue weighted by Gasteiger charge is -2.17. The van der Waals surface area contributed by atoms with Crippen LogP contribution in [0.4, 0.5) is 0 Å². The van der Waals surface area contributed by atoms with Gasteiger partial charge in [-0.3, -0.25) is 4.79 Å². The number of rotatable bonds is 7. The molecular weight excluding hydrogens is 282 g/mol. The Morgan fingerprint density at radius 3 is 2.68 bits per heavy atom. The predicted octanol–water partition coefficient (Wildman–Crippen LogP) is 2.72. The topological polar surface area (TPSA) is 64.6 Å². The number of hydrogen-bond acceptors (Lipinski definition) is 4. The fraction of sp³-hybridized carbons (Fsp3) is 0.529. The summed E-state index contributed by atoms with van der Waals surface area (Å²) in [6.07, 6.45) is 5.90. The number of hydrogen-bond donors (Lipinski definition) is 1. The molecule has 1 amide bonds. The van der Waals surface area contributed by atoms with E-state index in [1.54, 1.807) is 25.3 Å². The summed E-state index contributed by atoms with van der Waals surface area (Å²) in [5, 5.41) is 2.69. The molecule has 1 aromatic rings. The van der Waals surface area contributed by atoms with Crippen molar-refractivity contribution in [3.63, 3.8) is 0 Å². The Morgan fingerprint density at radius 1 is 1.36 bits per heavy atom. The fourth-order valence-electron chi connectivity index (χ4n) is 2.58. The standard InChI is InChI=1S/C17H23NO4/c1-3-13(11-19)18-17(20)12-8-9-15(21-2)16(10-12)22-14-6-4-5-7-14/h8-11,13-14H,3-7H2,1-2H3,(H,18,20)/t13-/m0/s1. The molecule has 0 bridgehead atoms. The van der Waals surface area contributed by atoms with E-state index in [1.165, 1.54) is 12.8 Å². The summed E-state index contributed by atoms with van der Waals surface area (Å²) in [6.45, 7) is 1.85. The third kappa shape index (κ3) is 4.00. The number of aldehydes is 1. The van der Waals surface area contributed by atoms with Gasteiger partial charge in [-0.1, -0.05) is 6.92 Å². The lowest BCUT2D eigenvalue weighted by Crippen LogP contribution is -2.35. The van der Waals surface area contributed by atoms with Crippen LogP contribution in [0.15, 0.2) is 18.2 Å². The summed E-state index contributed by atoms with van der Waals surface area (Å²) < 4.78 is 11.3. The number of benzene rings is 1. The highest BCUT2D eigenvalue weighted by atomic mass is 16.5. The van der Waals surface area contributed by atoms with Crippen LogP contribution < -0.4 is 14.8 Å². The highest BCUT2D eigenvalue weighted by molar-refractivity contribution is 5.96. The fourth-order valence-corrected chi connectivity index (χ4v) is 2.58. The van der Waals surface area contributed by atoms with Gasteiger partial charge in [-0.25, -0.2) is 0 Å². The second kappa shape index (κ2) is 7.82. The average Bonchev–Trinajstić information content (AvgIpc) is 3.05. The van der Waals surface area contributed by atoms with Crippen LogP contribution in [-0.2, 0) is 4.79 Å². The molecule has 1 atom stereocenters. The Balaban J connectivity index is 2.14. The van der Waals surface area contributed by atoms with Crippen molar-refractivity contribution < 1.29 is 19.1 Å². The van der Waals surface area contributed by atoms with Crippen LogP contribution in [0.1, 0.15) is 49.4 Å². The van der Waals surface area contributed by atoms with Crippen LogP contribution in [0.25, 0.3) is 0 Å². The van der Waals surface area contributed by atoms with Gasteiger partial charge in [0, 0.05) is 5.56 Å². The van der Waals surface area contributed by atoms with Crippen LogP contribution in [0, 0.1) is 0 Å². The van der Waals surface area contributed by atoms with E-state index in [-0.39, 0.29) is 12.0 Å². The lowest BCUT2D eigenvalue weighted by molar-refractivity contribution is -0.109. The largest absolute Gasteiger partial charge is 0.493 e. The van der Waals surface area contributed by atoms with Gasteiger partial charge in [0.15, 0.2) is 11.5 Å². The molecule has 1 aliphatic carbocycles. The molecule has 5 heteroatoms. The van der Waals surface area contributed by atoms with Gasteiger partial charge in [-0.05, 0) is 50.3 Å². The SMILES string of the molecule is CC[C@@H](C=O)NC(=O)c1ccc(OC)c(OC2CCCC2)c1. The first-order valence-corrected chi connectivity index (χ1v) is 7.78. The van der Waals surface area contributed by atoms with E-state index in [0.29, 0.717) is 23.5 Å². The summed E-state index contributed by atoms with van der Waals surface area (Å²) in [4.78, 5) is 23.0. The molecule has 0 aromatic heterocycles. The normalized spacial score (nSPS) is 16.1. The molecule has 1 fully saturated rings. The van der Waals surface area contributed by atoms with Gasteiger partial charge in [-0.15, -0.1) is 0 Å². The smallest absolute Gasteiger partial charge is 0.251 e. The van der Waals surface area contributed by atoms with E-state index < -0.39 is 6.04 Å². The predicted molar refractivity (Wildman–Crippen MR) is 83.5 cm³/mol. The van der Waals surface area contributed by atoms with Crippen molar-refractivity contribution in [2.45, 2.75) is 51.2 Å². The Hall–Kier alpha value is -2.04. The molecular formula is C17H23NO4. The molecule has 0 unspecified atom stereocenters. The molecule has 5 nitrogen and oxygen atoms in total. The Morgan fingerprint density at radius 2 is 2.09 bits per heavy atom. The molecule has 0 spiro atoms. The average molecular weight is 305 g/mol. The van der Waals surface area contributed by atoms with Crippen LogP contribution in [0.2, 0.25) is 0 Å². The minimum absolute atomic E-state index is 0.186. The molecule has 1 saturated carbocycles. The number of methoxy groups -OCH3 is 1. The Labute approximate surface area is 131 Å². The van der Waals surface area contributed by atoms with Crippen molar-refractivity contribution in [1.82, 2.24) is 5.32 Å². The van der Waals surface area contributed by atoms with Gasteiger partial charge in [-0.2, -0.15) is 0 Å². The highest BCUT2D eigenvalue weighted by Crippen LogP contribution is 2.32. The van der Waals surface area contributed by atoms with Gasteiger partial charge in [0.25, 0.3) is 5.91 Å². The molecule has 22 heavy (non-hydrogen) atoms. The molecule has 120 valence electrons. The minimum atomic E-state index is -0.464. The molecule has 0 saturated heterocycles. The first-order chi connectivity index (χ1) is 10.7. The summed E-state index contributed by atoms with van der Waals surface area (Å²) in [5.74, 6) is 0.921. The molecule has 2 rings (SSSR count). The van der Waals surface area contributed by atoms with E-state index in [9.17, 15) is 9.59 Å². The Bertz CT molecular complexity index is 523. The van der Waals surface area contributed by atoms with E-state index >= 15 is 0 Å². The number of nitrogens with one attached hydrogen (secondary N) is 1. The summed E-state index contributed by atoms with van der Waals surface area (Å²) >= 11 is 0. The summed E-state index contributed by atoms with van der Waals surface area (Å²) in [7, 11) is 1.58. The Kier molecular flexibility index (Phi) is 5.81. The van der Waals surface area contributed by atoms with Gasteiger partial charge < -0.3 is 19.6 Å². The monoisotopic (exact) mass is 305 g/mol. The van der Waals surface area contributed by atoms with Crippen molar-refractivity contribution >= 4 is 12.2 Å². The van der Waals surface area contributed by atoms with Gasteiger partial charge in [0.05, 0.1) is 19.3 Å². The second-order valence-electron chi connectivity index (χ2n) is 5.51. The van der Waals surface area contributed by atoms with Crippen LogP contribution in [0.5, 0.6) is 11.5 Å². The zero-order chi connectivity index (χ0) is 15.9. The third-order valence-corrected chi connectivity index (χ3v) is 3.94. The maximum atomic E-state index is 12.2. The van der Waals surface area contributed by atoms with Gasteiger partial charge in [0.2, 0.25) is 0 Å². The maximum Gasteiger partial charge on any atom is 0.251 e. The summed E-state index contributed by atoms with van der Waals surface area (Å²) in [5.41, 5.74) is 0.467. The van der Waals surface area contributed by atoms with Crippen LogP contribution >= 0.6 is 0 Å². The molecule has 1 N–H and O–H groups in total. The first-order valence-electron chi connectivity index (χ1n) is 7.78. The van der Waals surface area contributed by atoms with E-state index in [0.717, 1.165) is 19.1 Å². The van der Waals surface area contributed by atoms with Gasteiger partial charge in [0.1, 0.15) is 6.29 Å². The van der Waals surface area contributed by atoms with Crippen molar-refractivity contribution in [3.05, 3.63) is 23.8 Å². The van der Waals surface area contributed by atoms with Gasteiger partial charge >= 0.3 is 0 Å². The van der Waals surface area contributed by atoms with Crippen LogP contribution in [-0.4, -0.2) is 31.4 Å². The second-order valence-corrected chi connectivity index (χ2v) is 5.51. The van der Waals surface area contributed by atoms with Crippen LogP contribution in [0.3, 0.4) is 0 Å². The highest BCUT2D eigenvalue weighted by Gasteiger charge is 2.20. The molecule has 0 radical (unpaired) electrons. The molecule has 1 aliphatic rings. The molecule has 0 heterocycles. The van der Waals surface area contributed by atoms with Crippen molar-refractivity contribution in [3.8, 4) is 11.5 Å². The van der Waals surface area contributed by atoms with Crippen molar-refractivity contribution in [2.75, 3.05) is 7.11 Å². The van der Waals surface area contributed by atoms with E-state index in [4.69, 9.17) is 9.47 Å². The number of ether oxygens (including phenoxy) is 2. The number of carbonyl (C=O) groups excluding carboxylic acids is 2. The zero-order valence-electron chi connectivity index (χ0n) is 13.1. The lowest BCUT2D eigenvalue weighted by atomic mass is 10.1. The van der Waals surface area contributed by atoms with E-state index in [2.05, 4.69) is 5.32 Å². The maximum absolute atomic E-state index is 12.2. The molecule has 0 aliphatic heterocycles.